The van der Waals surface area contributed by atoms with Gasteiger partial charge in [0.05, 0.1) is 23.3 Å². The standard InChI is InChI=1S/C20H23N3O7S/c24-18(22-20(26)21-13-16-7-5-11-29-16)14-30-19(25)15-6-4-8-17(12-15)31(27,28)23-9-2-1-3-10-23/h4-8,11-12H,1-3,9-10,13-14H2,(H2,21,22,24,26). The fraction of sp³-hybridized carbons (Fsp3) is 0.350. The number of furan rings is 1. The maximum Gasteiger partial charge on any atom is 0.338 e. The zero-order valence-corrected chi connectivity index (χ0v) is 17.5. The van der Waals surface area contributed by atoms with Gasteiger partial charge in [0.25, 0.3) is 5.91 Å². The van der Waals surface area contributed by atoms with Gasteiger partial charge in [-0.1, -0.05) is 12.5 Å². The molecular weight excluding hydrogens is 426 g/mol. The molecule has 0 radical (unpaired) electrons. The number of imide groups is 1. The van der Waals surface area contributed by atoms with Crippen LogP contribution in [0.2, 0.25) is 0 Å². The molecule has 2 aromatic rings. The Morgan fingerprint density at radius 2 is 1.84 bits per heavy atom. The quantitative estimate of drug-likeness (QED) is 0.614. The minimum Gasteiger partial charge on any atom is -0.467 e. The molecule has 166 valence electrons. The highest BCUT2D eigenvalue weighted by molar-refractivity contribution is 7.89. The van der Waals surface area contributed by atoms with E-state index in [2.05, 4.69) is 5.32 Å². The van der Waals surface area contributed by atoms with Crippen molar-refractivity contribution in [3.63, 3.8) is 0 Å². The summed E-state index contributed by atoms with van der Waals surface area (Å²) in [5.74, 6) is -1.20. The number of rotatable bonds is 7. The topological polar surface area (TPSA) is 135 Å². The van der Waals surface area contributed by atoms with E-state index in [1.807, 2.05) is 5.32 Å². The highest BCUT2D eigenvalue weighted by Crippen LogP contribution is 2.21. The second-order valence-corrected chi connectivity index (χ2v) is 8.82. The highest BCUT2D eigenvalue weighted by atomic mass is 32.2. The molecule has 2 heterocycles. The van der Waals surface area contributed by atoms with Gasteiger partial charge in [0.15, 0.2) is 6.61 Å². The van der Waals surface area contributed by atoms with Gasteiger partial charge in [-0.05, 0) is 43.2 Å². The molecule has 0 unspecified atom stereocenters. The average molecular weight is 449 g/mol. The predicted molar refractivity (Wildman–Crippen MR) is 108 cm³/mol. The molecular formula is C20H23N3O7S. The van der Waals surface area contributed by atoms with Crippen LogP contribution in [0.25, 0.3) is 0 Å². The molecule has 1 aromatic carbocycles. The van der Waals surface area contributed by atoms with Crippen molar-refractivity contribution in [2.75, 3.05) is 19.7 Å². The lowest BCUT2D eigenvalue weighted by atomic mass is 10.2. The fourth-order valence-corrected chi connectivity index (χ4v) is 4.60. The molecule has 0 aliphatic carbocycles. The number of benzene rings is 1. The van der Waals surface area contributed by atoms with Crippen LogP contribution in [0.5, 0.6) is 0 Å². The van der Waals surface area contributed by atoms with Crippen LogP contribution >= 0.6 is 0 Å². The van der Waals surface area contributed by atoms with E-state index in [0.717, 1.165) is 19.3 Å². The van der Waals surface area contributed by atoms with Crippen molar-refractivity contribution in [3.8, 4) is 0 Å². The third kappa shape index (κ3) is 6.15. The lowest BCUT2D eigenvalue weighted by Gasteiger charge is -2.25. The first kappa shape index (κ1) is 22.5. The Labute approximate surface area is 179 Å². The molecule has 0 saturated carbocycles. The Hall–Kier alpha value is -3.18. The number of urea groups is 1. The summed E-state index contributed by atoms with van der Waals surface area (Å²) < 4.78 is 36.9. The van der Waals surface area contributed by atoms with E-state index in [4.69, 9.17) is 9.15 Å². The lowest BCUT2D eigenvalue weighted by molar-refractivity contribution is -0.123. The zero-order valence-electron chi connectivity index (χ0n) is 16.7. The molecule has 31 heavy (non-hydrogen) atoms. The summed E-state index contributed by atoms with van der Waals surface area (Å²) in [4.78, 5) is 35.7. The van der Waals surface area contributed by atoms with Crippen molar-refractivity contribution < 1.29 is 32.0 Å². The van der Waals surface area contributed by atoms with E-state index in [0.29, 0.717) is 18.8 Å². The molecule has 1 aliphatic rings. The Morgan fingerprint density at radius 3 is 2.55 bits per heavy atom. The summed E-state index contributed by atoms with van der Waals surface area (Å²) in [5, 5.41) is 4.43. The van der Waals surface area contributed by atoms with Crippen LogP contribution < -0.4 is 10.6 Å². The molecule has 3 amide bonds. The number of sulfonamides is 1. The Bertz CT molecular complexity index is 1030. The number of amides is 3. The number of carbonyl (C=O) groups excluding carboxylic acids is 3. The van der Waals surface area contributed by atoms with Crippen molar-refractivity contribution in [2.45, 2.75) is 30.7 Å². The van der Waals surface area contributed by atoms with Crippen molar-refractivity contribution in [3.05, 3.63) is 54.0 Å². The Balaban J connectivity index is 1.51. The zero-order chi connectivity index (χ0) is 22.3. The third-order valence-electron chi connectivity index (χ3n) is 4.61. The van der Waals surface area contributed by atoms with Gasteiger partial charge in [0, 0.05) is 13.1 Å². The molecule has 1 aliphatic heterocycles. The van der Waals surface area contributed by atoms with Crippen molar-refractivity contribution in [1.29, 1.82) is 0 Å². The largest absolute Gasteiger partial charge is 0.467 e. The van der Waals surface area contributed by atoms with E-state index in [1.165, 1.54) is 34.8 Å². The van der Waals surface area contributed by atoms with Crippen LogP contribution in [0, 0.1) is 0 Å². The number of piperidine rings is 1. The molecule has 2 N–H and O–H groups in total. The molecule has 3 rings (SSSR count). The van der Waals surface area contributed by atoms with Gasteiger partial charge in [-0.25, -0.2) is 18.0 Å². The van der Waals surface area contributed by atoms with Gasteiger partial charge < -0.3 is 14.5 Å². The summed E-state index contributed by atoms with van der Waals surface area (Å²) in [6.07, 6.45) is 4.03. The van der Waals surface area contributed by atoms with Gasteiger partial charge in [0.1, 0.15) is 5.76 Å². The maximum absolute atomic E-state index is 12.8. The van der Waals surface area contributed by atoms with Crippen LogP contribution in [0.15, 0.2) is 52.0 Å². The van der Waals surface area contributed by atoms with Crippen LogP contribution in [0.1, 0.15) is 35.4 Å². The van der Waals surface area contributed by atoms with Crippen LogP contribution in [-0.2, 0) is 26.1 Å². The number of esters is 1. The summed E-state index contributed by atoms with van der Waals surface area (Å²) in [6, 6.07) is 8.01. The third-order valence-corrected chi connectivity index (χ3v) is 6.51. The number of hydrogen-bond donors (Lipinski definition) is 2. The summed E-state index contributed by atoms with van der Waals surface area (Å²) in [6.45, 7) is 0.276. The molecule has 11 heteroatoms. The first-order valence-corrected chi connectivity index (χ1v) is 11.2. The SMILES string of the molecule is O=C(COC(=O)c1cccc(S(=O)(=O)N2CCCCC2)c1)NC(=O)NCc1ccco1. The van der Waals surface area contributed by atoms with Gasteiger partial charge in [-0.3, -0.25) is 10.1 Å². The molecule has 1 saturated heterocycles. The summed E-state index contributed by atoms with van der Waals surface area (Å²) in [7, 11) is -3.70. The van der Waals surface area contributed by atoms with Crippen LogP contribution in [0.3, 0.4) is 0 Å². The highest BCUT2D eigenvalue weighted by Gasteiger charge is 2.26. The first-order valence-electron chi connectivity index (χ1n) is 9.73. The number of nitrogens with zero attached hydrogens (tertiary/aromatic N) is 1. The normalized spacial score (nSPS) is 14.6. The number of ether oxygens (including phenoxy) is 1. The summed E-state index contributed by atoms with van der Waals surface area (Å²) in [5.41, 5.74) is -0.00634. The molecule has 0 bridgehead atoms. The maximum atomic E-state index is 12.8. The average Bonchev–Trinajstić information content (AvgIpc) is 3.30. The number of hydrogen-bond acceptors (Lipinski definition) is 7. The summed E-state index contributed by atoms with van der Waals surface area (Å²) >= 11 is 0. The molecule has 0 spiro atoms. The second kappa shape index (κ2) is 10.2. The first-order chi connectivity index (χ1) is 14.9. The number of nitrogens with one attached hydrogen (secondary N) is 2. The smallest absolute Gasteiger partial charge is 0.338 e. The van der Waals surface area contributed by atoms with E-state index in [9.17, 15) is 22.8 Å². The minimum atomic E-state index is -3.70. The van der Waals surface area contributed by atoms with Gasteiger partial charge in [0.2, 0.25) is 10.0 Å². The van der Waals surface area contributed by atoms with Gasteiger partial charge in [-0.15, -0.1) is 0 Å². The fourth-order valence-electron chi connectivity index (χ4n) is 3.04. The van der Waals surface area contributed by atoms with Crippen LogP contribution in [0.4, 0.5) is 4.79 Å². The molecule has 1 aromatic heterocycles. The van der Waals surface area contributed by atoms with E-state index < -0.39 is 34.5 Å². The van der Waals surface area contributed by atoms with E-state index in [1.54, 1.807) is 12.1 Å². The minimum absolute atomic E-state index is 0.00634. The second-order valence-electron chi connectivity index (χ2n) is 6.88. The predicted octanol–water partition coefficient (Wildman–Crippen LogP) is 1.64. The molecule has 0 atom stereocenters. The molecule has 10 nitrogen and oxygen atoms in total. The van der Waals surface area contributed by atoms with E-state index >= 15 is 0 Å². The Morgan fingerprint density at radius 1 is 1.06 bits per heavy atom. The lowest BCUT2D eigenvalue weighted by Crippen LogP contribution is -2.41. The van der Waals surface area contributed by atoms with Crippen LogP contribution in [-0.4, -0.2) is 50.3 Å². The van der Waals surface area contributed by atoms with Crippen molar-refractivity contribution in [1.82, 2.24) is 14.9 Å². The number of carbonyl (C=O) groups is 3. The van der Waals surface area contributed by atoms with Crippen molar-refractivity contribution >= 4 is 27.9 Å². The molecule has 1 fully saturated rings. The Kier molecular flexibility index (Phi) is 7.42. The monoisotopic (exact) mass is 449 g/mol. The van der Waals surface area contributed by atoms with Gasteiger partial charge in [-0.2, -0.15) is 4.31 Å². The van der Waals surface area contributed by atoms with Gasteiger partial charge >= 0.3 is 12.0 Å². The van der Waals surface area contributed by atoms with Crippen molar-refractivity contribution in [2.24, 2.45) is 0 Å². The van der Waals surface area contributed by atoms with E-state index in [-0.39, 0.29) is 17.0 Å².